The van der Waals surface area contributed by atoms with Crippen molar-refractivity contribution in [1.29, 1.82) is 0 Å². The van der Waals surface area contributed by atoms with E-state index in [9.17, 15) is 0 Å². The maximum Gasteiger partial charge on any atom is 0.00509 e. The Morgan fingerprint density at radius 1 is 1.25 bits per heavy atom. The summed E-state index contributed by atoms with van der Waals surface area (Å²) in [5.74, 6) is 0. The fourth-order valence-corrected chi connectivity index (χ4v) is 2.23. The summed E-state index contributed by atoms with van der Waals surface area (Å²) in [5, 5.41) is 3.55. The number of nitrogens with zero attached hydrogens (tertiary/aromatic N) is 2. The molecule has 3 heteroatoms. The predicted molar refractivity (Wildman–Crippen MR) is 70.9 cm³/mol. The number of hydrogen-bond donors (Lipinski definition) is 1. The molecule has 16 heavy (non-hydrogen) atoms. The molecule has 0 aromatic heterocycles. The Morgan fingerprint density at radius 3 is 2.81 bits per heavy atom. The van der Waals surface area contributed by atoms with Crippen molar-refractivity contribution in [3.63, 3.8) is 0 Å². The lowest BCUT2D eigenvalue weighted by Crippen LogP contribution is -2.38. The van der Waals surface area contributed by atoms with E-state index < -0.39 is 0 Å². The molecule has 3 nitrogen and oxygen atoms in total. The normalized spacial score (nSPS) is 24.4. The first-order valence-electron chi connectivity index (χ1n) is 6.79. The molecule has 0 aromatic rings. The smallest absolute Gasteiger partial charge is 0.00509 e. The zero-order valence-corrected chi connectivity index (χ0v) is 11.3. The van der Waals surface area contributed by atoms with Gasteiger partial charge in [0.1, 0.15) is 0 Å². The van der Waals surface area contributed by atoms with Crippen molar-refractivity contribution >= 4 is 0 Å². The summed E-state index contributed by atoms with van der Waals surface area (Å²) in [6.45, 7) is 8.56. The Morgan fingerprint density at radius 2 is 2.06 bits per heavy atom. The highest BCUT2D eigenvalue weighted by Crippen LogP contribution is 2.04. The molecule has 0 aliphatic carbocycles. The quantitative estimate of drug-likeness (QED) is 0.716. The molecule has 1 atom stereocenters. The first-order valence-corrected chi connectivity index (χ1v) is 6.79. The summed E-state index contributed by atoms with van der Waals surface area (Å²) >= 11 is 0. The van der Waals surface area contributed by atoms with Crippen LogP contribution in [0.5, 0.6) is 0 Å². The topological polar surface area (TPSA) is 18.5 Å². The first kappa shape index (κ1) is 13.9. The number of hydrogen-bond acceptors (Lipinski definition) is 3. The summed E-state index contributed by atoms with van der Waals surface area (Å²) in [6, 6.07) is 0.699. The van der Waals surface area contributed by atoms with Crippen molar-refractivity contribution in [2.45, 2.75) is 38.6 Å². The van der Waals surface area contributed by atoms with E-state index in [1.54, 1.807) is 0 Å². The van der Waals surface area contributed by atoms with Crippen LogP contribution in [0.3, 0.4) is 0 Å². The molecular formula is C13H29N3. The molecule has 1 aliphatic heterocycles. The fourth-order valence-electron chi connectivity index (χ4n) is 2.23. The van der Waals surface area contributed by atoms with Crippen LogP contribution >= 0.6 is 0 Å². The molecule has 0 aromatic carbocycles. The Labute approximate surface area is 101 Å². The Hall–Kier alpha value is -0.120. The molecule has 1 heterocycles. The molecule has 0 spiro atoms. The summed E-state index contributed by atoms with van der Waals surface area (Å²) in [6.07, 6.45) is 5.28. The van der Waals surface area contributed by atoms with Gasteiger partial charge in [-0.25, -0.2) is 0 Å². The highest BCUT2D eigenvalue weighted by molar-refractivity contribution is 4.69. The average molecular weight is 227 g/mol. The van der Waals surface area contributed by atoms with Crippen LogP contribution in [-0.2, 0) is 0 Å². The Kier molecular flexibility index (Phi) is 7.01. The predicted octanol–water partition coefficient (Wildman–Crippen LogP) is 1.40. The molecule has 1 saturated heterocycles. The molecule has 1 fully saturated rings. The minimum Gasteiger partial charge on any atom is -0.314 e. The maximum atomic E-state index is 3.55. The average Bonchev–Trinajstić information content (AvgIpc) is 2.21. The Balaban J connectivity index is 2.09. The van der Waals surface area contributed by atoms with Gasteiger partial charge >= 0.3 is 0 Å². The molecule has 1 aliphatic rings. The second-order valence-corrected chi connectivity index (χ2v) is 5.35. The van der Waals surface area contributed by atoms with Crippen molar-refractivity contribution < 1.29 is 0 Å². The third kappa shape index (κ3) is 6.46. The van der Waals surface area contributed by atoms with E-state index in [2.05, 4.69) is 36.1 Å². The van der Waals surface area contributed by atoms with E-state index in [4.69, 9.17) is 0 Å². The zero-order valence-electron chi connectivity index (χ0n) is 11.3. The largest absolute Gasteiger partial charge is 0.314 e. The molecule has 0 amide bonds. The fraction of sp³-hybridized carbons (Fsp3) is 1.00. The first-order chi connectivity index (χ1) is 7.68. The lowest BCUT2D eigenvalue weighted by Gasteiger charge is -2.27. The summed E-state index contributed by atoms with van der Waals surface area (Å²) in [5.41, 5.74) is 0. The van der Waals surface area contributed by atoms with Gasteiger partial charge in [0.15, 0.2) is 0 Å². The van der Waals surface area contributed by atoms with Gasteiger partial charge in [0.05, 0.1) is 0 Å². The van der Waals surface area contributed by atoms with E-state index >= 15 is 0 Å². The number of rotatable bonds is 5. The zero-order chi connectivity index (χ0) is 11.8. The van der Waals surface area contributed by atoms with Crippen molar-refractivity contribution in [3.8, 4) is 0 Å². The third-order valence-corrected chi connectivity index (χ3v) is 3.35. The van der Waals surface area contributed by atoms with Gasteiger partial charge in [-0.15, -0.1) is 0 Å². The van der Waals surface area contributed by atoms with Crippen molar-refractivity contribution in [3.05, 3.63) is 0 Å². The van der Waals surface area contributed by atoms with Crippen LogP contribution in [0.2, 0.25) is 0 Å². The molecule has 1 rings (SSSR count). The van der Waals surface area contributed by atoms with Gasteiger partial charge in [-0.1, -0.05) is 0 Å². The molecular weight excluding hydrogens is 198 g/mol. The molecule has 1 N–H and O–H groups in total. The second-order valence-electron chi connectivity index (χ2n) is 5.35. The van der Waals surface area contributed by atoms with E-state index in [0.29, 0.717) is 6.04 Å². The lowest BCUT2D eigenvalue weighted by atomic mass is 10.1. The summed E-state index contributed by atoms with van der Waals surface area (Å²) in [7, 11) is 4.31. The van der Waals surface area contributed by atoms with Crippen LogP contribution in [-0.4, -0.2) is 62.7 Å². The van der Waals surface area contributed by atoms with E-state index in [-0.39, 0.29) is 0 Å². The summed E-state index contributed by atoms with van der Waals surface area (Å²) < 4.78 is 0. The van der Waals surface area contributed by atoms with Gasteiger partial charge < -0.3 is 15.1 Å². The van der Waals surface area contributed by atoms with Crippen LogP contribution in [0.1, 0.15) is 32.6 Å². The van der Waals surface area contributed by atoms with E-state index in [1.807, 2.05) is 0 Å². The van der Waals surface area contributed by atoms with Crippen LogP contribution in [0, 0.1) is 0 Å². The molecule has 0 radical (unpaired) electrons. The van der Waals surface area contributed by atoms with Gasteiger partial charge in [-0.3, -0.25) is 0 Å². The third-order valence-electron chi connectivity index (χ3n) is 3.35. The van der Waals surface area contributed by atoms with Crippen LogP contribution in [0.15, 0.2) is 0 Å². The lowest BCUT2D eigenvalue weighted by molar-refractivity contribution is 0.229. The Bertz CT molecular complexity index is 171. The van der Waals surface area contributed by atoms with Gasteiger partial charge in [-0.2, -0.15) is 0 Å². The monoisotopic (exact) mass is 227 g/mol. The minimum atomic E-state index is 0.699. The second kappa shape index (κ2) is 8.04. The molecule has 1 unspecified atom stereocenters. The SMILES string of the molecule is CC1CCN(CCCCN(C)C)CCCN1. The van der Waals surface area contributed by atoms with E-state index in [0.717, 1.165) is 0 Å². The minimum absolute atomic E-state index is 0.699. The standard InChI is InChI=1S/C13H29N3/c1-13-7-12-16(11-6-8-14-13)10-5-4-9-15(2)3/h13-14H,4-12H2,1-3H3. The van der Waals surface area contributed by atoms with Gasteiger partial charge in [0, 0.05) is 6.04 Å². The van der Waals surface area contributed by atoms with Crippen LogP contribution in [0.4, 0.5) is 0 Å². The number of unbranched alkanes of at least 4 members (excludes halogenated alkanes) is 1. The van der Waals surface area contributed by atoms with Crippen LogP contribution in [0.25, 0.3) is 0 Å². The molecule has 96 valence electrons. The highest BCUT2D eigenvalue weighted by atomic mass is 15.1. The summed E-state index contributed by atoms with van der Waals surface area (Å²) in [4.78, 5) is 4.92. The number of nitrogens with one attached hydrogen (secondary N) is 1. The van der Waals surface area contributed by atoms with Crippen molar-refractivity contribution in [1.82, 2.24) is 15.1 Å². The van der Waals surface area contributed by atoms with E-state index in [1.165, 1.54) is 58.4 Å². The van der Waals surface area contributed by atoms with Crippen LogP contribution < -0.4 is 5.32 Å². The van der Waals surface area contributed by atoms with Gasteiger partial charge in [0.25, 0.3) is 0 Å². The maximum absolute atomic E-state index is 3.55. The van der Waals surface area contributed by atoms with Crippen molar-refractivity contribution in [2.75, 3.05) is 46.8 Å². The van der Waals surface area contributed by atoms with Crippen molar-refractivity contribution in [2.24, 2.45) is 0 Å². The van der Waals surface area contributed by atoms with Gasteiger partial charge in [0.2, 0.25) is 0 Å². The molecule has 0 bridgehead atoms. The van der Waals surface area contributed by atoms with Gasteiger partial charge in [-0.05, 0) is 79.4 Å². The molecule has 0 saturated carbocycles. The highest BCUT2D eigenvalue weighted by Gasteiger charge is 2.10.